The first-order valence-corrected chi connectivity index (χ1v) is 8.95. The SMILES string of the molecule is COc1ccc(-n2c(=O)n(-c3ccccc3)c(=O)n2-c2ccc(OC)cc2)cc1. The molecule has 1 aromatic heterocycles. The van der Waals surface area contributed by atoms with Crippen LogP contribution < -0.4 is 20.9 Å². The number of ether oxygens (including phenoxy) is 2. The number of hydrogen-bond donors (Lipinski definition) is 0. The smallest absolute Gasteiger partial charge is 0.356 e. The molecule has 4 aromatic rings. The number of hydrogen-bond acceptors (Lipinski definition) is 4. The lowest BCUT2D eigenvalue weighted by Crippen LogP contribution is -2.26. The zero-order valence-corrected chi connectivity index (χ0v) is 16.0. The van der Waals surface area contributed by atoms with Crippen molar-refractivity contribution in [3.05, 3.63) is 99.8 Å². The lowest BCUT2D eigenvalue weighted by Gasteiger charge is -2.10. The molecule has 0 saturated carbocycles. The average Bonchev–Trinajstić information content (AvgIpc) is 3.04. The molecule has 0 aliphatic rings. The maximum atomic E-state index is 13.3. The van der Waals surface area contributed by atoms with Gasteiger partial charge in [-0.05, 0) is 60.7 Å². The third-order valence-corrected chi connectivity index (χ3v) is 4.59. The minimum atomic E-state index is -0.470. The maximum absolute atomic E-state index is 13.3. The summed E-state index contributed by atoms with van der Waals surface area (Å²) in [5, 5.41) is 0. The van der Waals surface area contributed by atoms with Crippen LogP contribution in [0.5, 0.6) is 11.5 Å². The molecule has 7 nitrogen and oxygen atoms in total. The molecule has 0 spiro atoms. The van der Waals surface area contributed by atoms with Gasteiger partial charge in [-0.1, -0.05) is 18.2 Å². The van der Waals surface area contributed by atoms with Gasteiger partial charge in [0.1, 0.15) is 11.5 Å². The van der Waals surface area contributed by atoms with Gasteiger partial charge in [-0.25, -0.2) is 14.2 Å². The number of nitrogens with zero attached hydrogens (tertiary/aromatic N) is 3. The maximum Gasteiger partial charge on any atom is 0.356 e. The molecule has 3 aromatic carbocycles. The van der Waals surface area contributed by atoms with Gasteiger partial charge in [0, 0.05) is 0 Å². The summed E-state index contributed by atoms with van der Waals surface area (Å²) in [6, 6.07) is 22.7. The van der Waals surface area contributed by atoms with E-state index in [1.807, 2.05) is 6.07 Å². The highest BCUT2D eigenvalue weighted by Crippen LogP contribution is 2.17. The molecule has 29 heavy (non-hydrogen) atoms. The van der Waals surface area contributed by atoms with Crippen molar-refractivity contribution in [2.45, 2.75) is 0 Å². The van der Waals surface area contributed by atoms with Crippen molar-refractivity contribution in [2.24, 2.45) is 0 Å². The Kier molecular flexibility index (Phi) is 4.78. The lowest BCUT2D eigenvalue weighted by molar-refractivity contribution is 0.414. The fraction of sp³-hybridized carbons (Fsp3) is 0.0909. The van der Waals surface area contributed by atoms with Crippen LogP contribution in [-0.4, -0.2) is 28.2 Å². The van der Waals surface area contributed by atoms with E-state index in [1.54, 1.807) is 87.0 Å². The second-order valence-electron chi connectivity index (χ2n) is 6.26. The normalized spacial score (nSPS) is 10.7. The Bertz CT molecular complexity index is 1160. The topological polar surface area (TPSA) is 67.4 Å². The largest absolute Gasteiger partial charge is 0.497 e. The Morgan fingerprint density at radius 2 is 0.966 bits per heavy atom. The summed E-state index contributed by atoms with van der Waals surface area (Å²) < 4.78 is 14.2. The van der Waals surface area contributed by atoms with Crippen molar-refractivity contribution in [3.63, 3.8) is 0 Å². The monoisotopic (exact) mass is 389 g/mol. The summed E-state index contributed by atoms with van der Waals surface area (Å²) >= 11 is 0. The molecule has 0 saturated heterocycles. The Morgan fingerprint density at radius 1 is 0.552 bits per heavy atom. The third-order valence-electron chi connectivity index (χ3n) is 4.59. The molecule has 0 fully saturated rings. The first kappa shape index (κ1) is 18.4. The van der Waals surface area contributed by atoms with Crippen LogP contribution in [-0.2, 0) is 0 Å². The zero-order chi connectivity index (χ0) is 20.4. The van der Waals surface area contributed by atoms with Gasteiger partial charge in [-0.2, -0.15) is 9.36 Å². The van der Waals surface area contributed by atoms with E-state index in [4.69, 9.17) is 9.47 Å². The number of benzene rings is 3. The highest BCUT2D eigenvalue weighted by atomic mass is 16.5. The predicted octanol–water partition coefficient (Wildman–Crippen LogP) is 2.80. The number of aromatic nitrogens is 3. The lowest BCUT2D eigenvalue weighted by atomic mass is 10.3. The number of rotatable bonds is 5. The summed E-state index contributed by atoms with van der Waals surface area (Å²) in [4.78, 5) is 26.6. The van der Waals surface area contributed by atoms with Crippen LogP contribution in [0.4, 0.5) is 0 Å². The van der Waals surface area contributed by atoms with Gasteiger partial charge in [0.2, 0.25) is 0 Å². The van der Waals surface area contributed by atoms with Crippen molar-refractivity contribution in [3.8, 4) is 28.6 Å². The molecule has 0 atom stereocenters. The van der Waals surface area contributed by atoms with Gasteiger partial charge in [-0.15, -0.1) is 0 Å². The van der Waals surface area contributed by atoms with Crippen LogP contribution in [0.15, 0.2) is 88.5 Å². The summed E-state index contributed by atoms with van der Waals surface area (Å²) in [6.07, 6.45) is 0. The second kappa shape index (κ2) is 7.55. The van der Waals surface area contributed by atoms with Crippen LogP contribution >= 0.6 is 0 Å². The van der Waals surface area contributed by atoms with E-state index in [0.717, 1.165) is 4.57 Å². The minimum absolute atomic E-state index is 0.470. The molecule has 0 N–H and O–H groups in total. The molecular formula is C22H19N3O4. The van der Waals surface area contributed by atoms with Gasteiger partial charge < -0.3 is 9.47 Å². The molecule has 0 bridgehead atoms. The highest BCUT2D eigenvalue weighted by Gasteiger charge is 2.20. The molecule has 0 aliphatic heterocycles. The van der Waals surface area contributed by atoms with Crippen LogP contribution in [0.3, 0.4) is 0 Å². The van der Waals surface area contributed by atoms with E-state index in [9.17, 15) is 9.59 Å². The summed E-state index contributed by atoms with van der Waals surface area (Å²) in [5.41, 5.74) is 0.637. The molecule has 0 aliphatic carbocycles. The van der Waals surface area contributed by atoms with Crippen molar-refractivity contribution in [2.75, 3.05) is 14.2 Å². The third kappa shape index (κ3) is 3.23. The molecule has 4 rings (SSSR count). The minimum Gasteiger partial charge on any atom is -0.497 e. The predicted molar refractivity (Wildman–Crippen MR) is 110 cm³/mol. The molecule has 7 heteroatoms. The number of methoxy groups -OCH3 is 2. The molecule has 0 radical (unpaired) electrons. The standard InChI is InChI=1S/C22H19N3O4/c1-28-19-12-8-17(9-13-19)24-21(26)23(16-6-4-3-5-7-16)22(27)25(24)18-10-14-20(29-2)15-11-18/h3-15H,1-2H3. The average molecular weight is 389 g/mol. The van der Waals surface area contributed by atoms with Gasteiger partial charge in [0.15, 0.2) is 0 Å². The van der Waals surface area contributed by atoms with Crippen LogP contribution in [0.2, 0.25) is 0 Å². The fourth-order valence-corrected chi connectivity index (χ4v) is 3.14. The van der Waals surface area contributed by atoms with Crippen LogP contribution in [0.1, 0.15) is 0 Å². The Labute approximate surface area is 166 Å². The Morgan fingerprint density at radius 3 is 1.34 bits per heavy atom. The molecule has 146 valence electrons. The van der Waals surface area contributed by atoms with Gasteiger partial charge >= 0.3 is 11.4 Å². The van der Waals surface area contributed by atoms with E-state index < -0.39 is 11.4 Å². The van der Waals surface area contributed by atoms with E-state index in [1.165, 1.54) is 9.36 Å². The molecule has 1 heterocycles. The summed E-state index contributed by atoms with van der Waals surface area (Å²) in [7, 11) is 3.14. The zero-order valence-electron chi connectivity index (χ0n) is 16.0. The fourth-order valence-electron chi connectivity index (χ4n) is 3.14. The van der Waals surface area contributed by atoms with Crippen molar-refractivity contribution in [1.82, 2.24) is 13.9 Å². The van der Waals surface area contributed by atoms with Crippen molar-refractivity contribution in [1.29, 1.82) is 0 Å². The number of para-hydroxylation sites is 1. The Hall–Kier alpha value is -4.00. The van der Waals surface area contributed by atoms with Gasteiger partial charge in [-0.3, -0.25) is 0 Å². The molecule has 0 unspecified atom stereocenters. The first-order chi connectivity index (χ1) is 14.1. The summed E-state index contributed by atoms with van der Waals surface area (Å²) in [6.45, 7) is 0. The molecular weight excluding hydrogens is 370 g/mol. The van der Waals surface area contributed by atoms with Crippen molar-refractivity contribution < 1.29 is 9.47 Å². The Balaban J connectivity index is 2.01. The van der Waals surface area contributed by atoms with E-state index >= 15 is 0 Å². The quantitative estimate of drug-likeness (QED) is 0.526. The highest BCUT2D eigenvalue weighted by molar-refractivity contribution is 5.42. The first-order valence-electron chi connectivity index (χ1n) is 8.95. The van der Waals surface area contributed by atoms with Gasteiger partial charge in [0.05, 0.1) is 31.3 Å². The van der Waals surface area contributed by atoms with E-state index in [-0.39, 0.29) is 0 Å². The second-order valence-corrected chi connectivity index (χ2v) is 6.26. The van der Waals surface area contributed by atoms with Crippen molar-refractivity contribution >= 4 is 0 Å². The van der Waals surface area contributed by atoms with E-state index in [0.29, 0.717) is 28.6 Å². The molecule has 0 amide bonds. The summed E-state index contributed by atoms with van der Waals surface area (Å²) in [5.74, 6) is 1.31. The van der Waals surface area contributed by atoms with Crippen LogP contribution in [0.25, 0.3) is 17.1 Å². The van der Waals surface area contributed by atoms with E-state index in [2.05, 4.69) is 0 Å². The van der Waals surface area contributed by atoms with Gasteiger partial charge in [0.25, 0.3) is 0 Å². The van der Waals surface area contributed by atoms with Crippen LogP contribution in [0, 0.1) is 0 Å².